The first-order valence-corrected chi connectivity index (χ1v) is 17.0. The Labute approximate surface area is 292 Å². The van der Waals surface area contributed by atoms with Crippen molar-refractivity contribution in [3.8, 4) is 0 Å². The van der Waals surface area contributed by atoms with E-state index >= 15 is 0 Å². The highest BCUT2D eigenvalue weighted by Gasteiger charge is 2.39. The van der Waals surface area contributed by atoms with Crippen molar-refractivity contribution in [2.75, 3.05) is 19.4 Å². The largest absolute Gasteiger partial charge is 0.467 e. The van der Waals surface area contributed by atoms with Crippen LogP contribution in [0.25, 0.3) is 0 Å². The van der Waals surface area contributed by atoms with E-state index in [0.717, 1.165) is 22.3 Å². The van der Waals surface area contributed by atoms with Crippen molar-refractivity contribution < 1.29 is 28.7 Å². The third-order valence-corrected chi connectivity index (χ3v) is 9.18. The van der Waals surface area contributed by atoms with Gasteiger partial charge in [0.15, 0.2) is 0 Å². The number of rotatable bonds is 14. The van der Waals surface area contributed by atoms with E-state index in [2.05, 4.69) is 16.0 Å². The van der Waals surface area contributed by atoms with Gasteiger partial charge in [0.2, 0.25) is 11.8 Å². The molecule has 0 spiro atoms. The van der Waals surface area contributed by atoms with Crippen molar-refractivity contribution in [3.05, 3.63) is 144 Å². The molecular formula is C39H43N3O6S. The van der Waals surface area contributed by atoms with Crippen LogP contribution in [-0.2, 0) is 35.0 Å². The Balaban J connectivity index is 1.52. The molecule has 10 heteroatoms. The molecule has 2 atom stereocenters. The van der Waals surface area contributed by atoms with Gasteiger partial charge in [-0.2, -0.15) is 0 Å². The molecule has 49 heavy (non-hydrogen) atoms. The number of esters is 1. The molecule has 3 N–H and O–H groups in total. The fourth-order valence-corrected chi connectivity index (χ4v) is 6.88. The number of carbonyl (C=O) groups is 4. The summed E-state index contributed by atoms with van der Waals surface area (Å²) in [6.07, 6.45) is -0.579. The number of benzene rings is 4. The zero-order valence-corrected chi connectivity index (χ0v) is 29.0. The maximum Gasteiger partial charge on any atom is 0.408 e. The molecule has 0 fully saturated rings. The lowest BCUT2D eigenvalue weighted by Gasteiger charge is -2.36. The molecule has 3 amide bonds. The van der Waals surface area contributed by atoms with E-state index in [1.807, 2.05) is 121 Å². The third-order valence-electron chi connectivity index (χ3n) is 7.54. The Morgan fingerprint density at radius 1 is 0.673 bits per heavy atom. The van der Waals surface area contributed by atoms with Gasteiger partial charge in [-0.05, 0) is 43.0 Å². The van der Waals surface area contributed by atoms with Crippen molar-refractivity contribution in [2.45, 2.75) is 49.6 Å². The smallest absolute Gasteiger partial charge is 0.408 e. The Hall–Kier alpha value is -5.09. The first-order valence-electron chi connectivity index (χ1n) is 16.0. The molecule has 0 aliphatic carbocycles. The van der Waals surface area contributed by atoms with Crippen molar-refractivity contribution >= 4 is 35.6 Å². The van der Waals surface area contributed by atoms with E-state index in [1.165, 1.54) is 18.9 Å². The summed E-state index contributed by atoms with van der Waals surface area (Å²) in [6, 6.07) is 37.1. The minimum atomic E-state index is -1.03. The number of methoxy groups -OCH3 is 1. The summed E-state index contributed by atoms with van der Waals surface area (Å²) in [5.74, 6) is -1.64. The summed E-state index contributed by atoms with van der Waals surface area (Å²) in [6.45, 7) is 4.74. The highest BCUT2D eigenvalue weighted by molar-refractivity contribution is 8.00. The molecule has 4 rings (SSSR count). The Bertz CT molecular complexity index is 1570. The van der Waals surface area contributed by atoms with Gasteiger partial charge in [0.05, 0.1) is 18.4 Å². The number of alkyl carbamates (subject to hydrolysis) is 1. The molecule has 0 bridgehead atoms. The average Bonchev–Trinajstić information content (AvgIpc) is 3.10. The van der Waals surface area contributed by atoms with E-state index in [-0.39, 0.29) is 12.2 Å². The van der Waals surface area contributed by atoms with Crippen LogP contribution in [0.1, 0.15) is 43.0 Å². The summed E-state index contributed by atoms with van der Waals surface area (Å²) in [5.41, 5.74) is 3.05. The number of hydrogen-bond acceptors (Lipinski definition) is 7. The standard InChI is InChI=1S/C39H43N3O6S/c1-38(2,3)48-37(46)42-32(25-28-17-9-5-10-18-28)35(44)40-26-34(43)41-33(36(45)47-4)27-49-39(29-19-11-6-12-20-29,30-21-13-7-14-22-30)31-23-15-8-16-24-31/h5-24,32-33H,25-27H2,1-4H3,(H,40,44)(H,41,43)(H,42,46)/t32-,33-/m0/s1. The number of hydrogen-bond donors (Lipinski definition) is 3. The number of amides is 3. The molecule has 0 saturated carbocycles. The molecule has 0 saturated heterocycles. The predicted octanol–water partition coefficient (Wildman–Crippen LogP) is 5.62. The number of carbonyl (C=O) groups excluding carboxylic acids is 4. The van der Waals surface area contributed by atoms with E-state index in [9.17, 15) is 19.2 Å². The van der Waals surface area contributed by atoms with Gasteiger partial charge in [0.25, 0.3) is 0 Å². The van der Waals surface area contributed by atoms with Gasteiger partial charge in [-0.25, -0.2) is 9.59 Å². The molecule has 256 valence electrons. The zero-order valence-electron chi connectivity index (χ0n) is 28.2. The van der Waals surface area contributed by atoms with Crippen LogP contribution in [-0.4, -0.2) is 61.0 Å². The molecule has 0 radical (unpaired) electrons. The summed E-state index contributed by atoms with van der Waals surface area (Å²) >= 11 is 1.50. The summed E-state index contributed by atoms with van der Waals surface area (Å²) < 4.78 is 9.72. The molecule has 0 aliphatic heterocycles. The maximum absolute atomic E-state index is 13.3. The monoisotopic (exact) mass is 681 g/mol. The van der Waals surface area contributed by atoms with Gasteiger partial charge in [0.1, 0.15) is 17.7 Å². The fourth-order valence-electron chi connectivity index (χ4n) is 5.33. The van der Waals surface area contributed by atoms with Crippen LogP contribution in [0.15, 0.2) is 121 Å². The van der Waals surface area contributed by atoms with Crippen LogP contribution < -0.4 is 16.0 Å². The molecule has 9 nitrogen and oxygen atoms in total. The highest BCUT2D eigenvalue weighted by atomic mass is 32.2. The first kappa shape index (κ1) is 36.7. The lowest BCUT2D eigenvalue weighted by atomic mass is 9.84. The maximum atomic E-state index is 13.3. The molecular weight excluding hydrogens is 639 g/mol. The van der Waals surface area contributed by atoms with E-state index < -0.39 is 52.9 Å². The van der Waals surface area contributed by atoms with Gasteiger partial charge in [0, 0.05) is 12.2 Å². The number of nitrogens with one attached hydrogen (secondary N) is 3. The number of ether oxygens (including phenoxy) is 2. The summed E-state index contributed by atoms with van der Waals surface area (Å²) in [5, 5.41) is 7.97. The number of thioether (sulfide) groups is 1. The topological polar surface area (TPSA) is 123 Å². The van der Waals surface area contributed by atoms with Crippen molar-refractivity contribution in [1.29, 1.82) is 0 Å². The van der Waals surface area contributed by atoms with Crippen molar-refractivity contribution in [2.24, 2.45) is 0 Å². The van der Waals surface area contributed by atoms with Crippen LogP contribution >= 0.6 is 11.8 Å². The second-order valence-corrected chi connectivity index (χ2v) is 13.6. The molecule has 4 aromatic carbocycles. The first-order chi connectivity index (χ1) is 23.5. The van der Waals surface area contributed by atoms with Gasteiger partial charge < -0.3 is 25.4 Å². The molecule has 0 heterocycles. The summed E-state index contributed by atoms with van der Waals surface area (Å²) in [4.78, 5) is 52.2. The average molecular weight is 682 g/mol. The molecule has 0 unspecified atom stereocenters. The van der Waals surface area contributed by atoms with Gasteiger partial charge in [-0.1, -0.05) is 121 Å². The van der Waals surface area contributed by atoms with Gasteiger partial charge >= 0.3 is 12.1 Å². The Morgan fingerprint density at radius 2 is 1.14 bits per heavy atom. The SMILES string of the molecule is COC(=O)[C@H](CSC(c1ccccc1)(c1ccccc1)c1ccccc1)NC(=O)CNC(=O)[C@H](Cc1ccccc1)NC(=O)OC(C)(C)C. The lowest BCUT2D eigenvalue weighted by molar-refractivity contribution is -0.144. The van der Waals surface area contributed by atoms with Crippen molar-refractivity contribution in [3.63, 3.8) is 0 Å². The molecule has 0 aromatic heterocycles. The lowest BCUT2D eigenvalue weighted by Crippen LogP contribution is -2.52. The normalized spacial score (nSPS) is 12.6. The fraction of sp³-hybridized carbons (Fsp3) is 0.282. The Morgan fingerprint density at radius 3 is 1.59 bits per heavy atom. The zero-order chi connectivity index (χ0) is 35.3. The van der Waals surface area contributed by atoms with E-state index in [0.29, 0.717) is 0 Å². The quantitative estimate of drug-likeness (QED) is 0.117. The van der Waals surface area contributed by atoms with E-state index in [1.54, 1.807) is 20.8 Å². The second kappa shape index (κ2) is 17.3. The molecule has 0 aliphatic rings. The minimum absolute atomic E-state index is 0.155. The summed E-state index contributed by atoms with van der Waals surface area (Å²) in [7, 11) is 1.27. The van der Waals surface area contributed by atoms with Crippen LogP contribution in [0.4, 0.5) is 4.79 Å². The van der Waals surface area contributed by atoms with Gasteiger partial charge in [-0.15, -0.1) is 11.8 Å². The van der Waals surface area contributed by atoms with Crippen LogP contribution in [0.5, 0.6) is 0 Å². The third kappa shape index (κ3) is 10.4. The predicted molar refractivity (Wildman–Crippen MR) is 192 cm³/mol. The minimum Gasteiger partial charge on any atom is -0.467 e. The van der Waals surface area contributed by atoms with Crippen LogP contribution in [0.2, 0.25) is 0 Å². The second-order valence-electron chi connectivity index (χ2n) is 12.3. The van der Waals surface area contributed by atoms with Crippen LogP contribution in [0.3, 0.4) is 0 Å². The van der Waals surface area contributed by atoms with Crippen LogP contribution in [0, 0.1) is 0 Å². The van der Waals surface area contributed by atoms with Gasteiger partial charge in [-0.3, -0.25) is 9.59 Å². The Kier molecular flexibility index (Phi) is 13.0. The highest BCUT2D eigenvalue weighted by Crippen LogP contribution is 2.48. The van der Waals surface area contributed by atoms with E-state index in [4.69, 9.17) is 9.47 Å². The molecule has 4 aromatic rings. The van der Waals surface area contributed by atoms with Crippen molar-refractivity contribution in [1.82, 2.24) is 16.0 Å².